The van der Waals surface area contributed by atoms with Gasteiger partial charge in [0.2, 0.25) is 0 Å². The number of hydrogen-bond acceptors (Lipinski definition) is 4. The normalized spacial score (nSPS) is 10.8. The lowest BCUT2D eigenvalue weighted by atomic mass is 10.2. The minimum absolute atomic E-state index is 0.777. The molecule has 0 unspecified atom stereocenters. The van der Waals surface area contributed by atoms with E-state index in [0.717, 1.165) is 28.4 Å². The van der Waals surface area contributed by atoms with Gasteiger partial charge in [-0.2, -0.15) is 0 Å². The Morgan fingerprint density at radius 2 is 2.11 bits per heavy atom. The highest BCUT2D eigenvalue weighted by atomic mass is 32.1. The molecule has 0 amide bonds. The van der Waals surface area contributed by atoms with Gasteiger partial charge in [0.1, 0.15) is 5.01 Å². The molecule has 2 aromatic heterocycles. The first kappa shape index (κ1) is 12.4. The van der Waals surface area contributed by atoms with E-state index in [9.17, 15) is 0 Å². The zero-order valence-electron chi connectivity index (χ0n) is 10.6. The number of rotatable bonds is 3. The minimum Gasteiger partial charge on any atom is -0.399 e. The lowest BCUT2D eigenvalue weighted by Gasteiger charge is -1.97. The number of thiazole rings is 1. The first-order chi connectivity index (χ1) is 9.26. The molecule has 1 aromatic carbocycles. The summed E-state index contributed by atoms with van der Waals surface area (Å²) in [6.45, 7) is 2.18. The molecule has 4 heteroatoms. The SMILES string of the molecule is CCc1ccc(-c2csc(-c3cccc(N)c3)n2)s1. The predicted octanol–water partition coefficient (Wildman–Crippen LogP) is 4.68. The molecule has 3 aromatic rings. The van der Waals surface area contributed by atoms with Crippen molar-refractivity contribution in [2.24, 2.45) is 0 Å². The second-order valence-corrected chi connectivity index (χ2v) is 6.31. The molecule has 2 nitrogen and oxygen atoms in total. The second-order valence-electron chi connectivity index (χ2n) is 4.28. The van der Waals surface area contributed by atoms with Gasteiger partial charge in [0.05, 0.1) is 10.6 Å². The first-order valence-electron chi connectivity index (χ1n) is 6.17. The van der Waals surface area contributed by atoms with Crippen molar-refractivity contribution in [3.8, 4) is 21.1 Å². The second kappa shape index (κ2) is 5.15. The smallest absolute Gasteiger partial charge is 0.124 e. The number of thiophene rings is 1. The Morgan fingerprint density at radius 3 is 2.84 bits per heavy atom. The van der Waals surface area contributed by atoms with E-state index in [0.29, 0.717) is 0 Å². The molecule has 0 aliphatic heterocycles. The van der Waals surface area contributed by atoms with Gasteiger partial charge >= 0.3 is 0 Å². The first-order valence-corrected chi connectivity index (χ1v) is 7.86. The van der Waals surface area contributed by atoms with Gasteiger partial charge in [0.15, 0.2) is 0 Å². The maximum Gasteiger partial charge on any atom is 0.124 e. The van der Waals surface area contributed by atoms with Crippen LogP contribution in [0.25, 0.3) is 21.1 Å². The highest BCUT2D eigenvalue weighted by molar-refractivity contribution is 7.16. The van der Waals surface area contributed by atoms with E-state index >= 15 is 0 Å². The Bertz CT molecular complexity index is 698. The van der Waals surface area contributed by atoms with Gasteiger partial charge < -0.3 is 5.73 Å². The summed E-state index contributed by atoms with van der Waals surface area (Å²) >= 11 is 3.48. The molecule has 19 heavy (non-hydrogen) atoms. The average Bonchev–Trinajstić information content (AvgIpc) is 3.07. The summed E-state index contributed by atoms with van der Waals surface area (Å²) in [7, 11) is 0. The molecule has 3 rings (SSSR count). The zero-order chi connectivity index (χ0) is 13.2. The van der Waals surface area contributed by atoms with Crippen molar-refractivity contribution in [3.05, 3.63) is 46.7 Å². The van der Waals surface area contributed by atoms with Gasteiger partial charge in [-0.05, 0) is 30.7 Å². The van der Waals surface area contributed by atoms with Gasteiger partial charge in [-0.25, -0.2) is 4.98 Å². The highest BCUT2D eigenvalue weighted by Gasteiger charge is 2.08. The molecule has 0 radical (unpaired) electrons. The Hall–Kier alpha value is -1.65. The average molecular weight is 286 g/mol. The minimum atomic E-state index is 0.777. The van der Waals surface area contributed by atoms with Crippen molar-refractivity contribution in [1.82, 2.24) is 4.98 Å². The van der Waals surface area contributed by atoms with Crippen molar-refractivity contribution in [1.29, 1.82) is 0 Å². The molecular formula is C15H14N2S2. The van der Waals surface area contributed by atoms with Crippen LogP contribution in [-0.2, 0) is 6.42 Å². The number of nitrogen functional groups attached to an aromatic ring is 1. The summed E-state index contributed by atoms with van der Waals surface area (Å²) in [5.74, 6) is 0. The van der Waals surface area contributed by atoms with E-state index in [4.69, 9.17) is 10.7 Å². The maximum atomic E-state index is 5.81. The van der Waals surface area contributed by atoms with Crippen molar-refractivity contribution >= 4 is 28.4 Å². The van der Waals surface area contributed by atoms with Gasteiger partial charge in [-0.15, -0.1) is 22.7 Å². The fourth-order valence-corrected chi connectivity index (χ4v) is 3.70. The van der Waals surface area contributed by atoms with E-state index in [2.05, 4.69) is 24.4 Å². The third kappa shape index (κ3) is 2.55. The summed E-state index contributed by atoms with van der Waals surface area (Å²) in [6, 6.07) is 12.2. The van der Waals surface area contributed by atoms with Crippen LogP contribution < -0.4 is 5.73 Å². The lowest BCUT2D eigenvalue weighted by molar-refractivity contribution is 1.19. The molecule has 0 saturated carbocycles. The number of aromatic nitrogens is 1. The fraction of sp³-hybridized carbons (Fsp3) is 0.133. The number of anilines is 1. The van der Waals surface area contributed by atoms with Crippen molar-refractivity contribution in [3.63, 3.8) is 0 Å². The maximum absolute atomic E-state index is 5.81. The molecule has 0 saturated heterocycles. The number of nitrogens with zero attached hydrogens (tertiary/aromatic N) is 1. The number of benzene rings is 1. The summed E-state index contributed by atoms with van der Waals surface area (Å²) in [5, 5.41) is 3.14. The Morgan fingerprint density at radius 1 is 1.21 bits per heavy atom. The monoisotopic (exact) mass is 286 g/mol. The number of hydrogen-bond donors (Lipinski definition) is 1. The van der Waals surface area contributed by atoms with E-state index in [1.807, 2.05) is 35.6 Å². The van der Waals surface area contributed by atoms with Crippen LogP contribution in [0.2, 0.25) is 0 Å². The van der Waals surface area contributed by atoms with Gasteiger partial charge in [-0.1, -0.05) is 19.1 Å². The fourth-order valence-electron chi connectivity index (χ4n) is 1.90. The number of aryl methyl sites for hydroxylation is 1. The summed E-state index contributed by atoms with van der Waals surface area (Å²) < 4.78 is 0. The van der Waals surface area contributed by atoms with E-state index < -0.39 is 0 Å². The molecule has 0 spiro atoms. The standard InChI is InChI=1S/C15H14N2S2/c1-2-12-6-7-14(19-12)13-9-18-15(17-13)10-4-3-5-11(16)8-10/h3-9H,2,16H2,1H3. The Balaban J connectivity index is 1.95. The Labute approximate surface area is 120 Å². The largest absolute Gasteiger partial charge is 0.399 e. The quantitative estimate of drug-likeness (QED) is 0.710. The van der Waals surface area contributed by atoms with Gasteiger partial charge in [-0.3, -0.25) is 0 Å². The third-order valence-electron chi connectivity index (χ3n) is 2.90. The van der Waals surface area contributed by atoms with Crippen LogP contribution in [0.3, 0.4) is 0 Å². The van der Waals surface area contributed by atoms with Crippen molar-refractivity contribution in [2.75, 3.05) is 5.73 Å². The van der Waals surface area contributed by atoms with E-state index in [1.165, 1.54) is 9.75 Å². The van der Waals surface area contributed by atoms with Crippen LogP contribution in [0, 0.1) is 0 Å². The molecule has 96 valence electrons. The molecule has 0 aliphatic carbocycles. The van der Waals surface area contributed by atoms with Crippen LogP contribution >= 0.6 is 22.7 Å². The van der Waals surface area contributed by atoms with Crippen LogP contribution in [0.4, 0.5) is 5.69 Å². The molecular weight excluding hydrogens is 272 g/mol. The van der Waals surface area contributed by atoms with Gasteiger partial charge in [0.25, 0.3) is 0 Å². The lowest BCUT2D eigenvalue weighted by Crippen LogP contribution is -1.84. The summed E-state index contributed by atoms with van der Waals surface area (Å²) in [6.07, 6.45) is 1.08. The topological polar surface area (TPSA) is 38.9 Å². The zero-order valence-corrected chi connectivity index (χ0v) is 12.2. The highest BCUT2D eigenvalue weighted by Crippen LogP contribution is 2.33. The molecule has 0 bridgehead atoms. The van der Waals surface area contributed by atoms with Crippen LogP contribution in [0.5, 0.6) is 0 Å². The van der Waals surface area contributed by atoms with E-state index in [-0.39, 0.29) is 0 Å². The summed E-state index contributed by atoms with van der Waals surface area (Å²) in [4.78, 5) is 7.35. The van der Waals surface area contributed by atoms with Crippen LogP contribution in [0.15, 0.2) is 41.8 Å². The van der Waals surface area contributed by atoms with Gasteiger partial charge in [0, 0.05) is 21.5 Å². The van der Waals surface area contributed by atoms with Crippen molar-refractivity contribution < 1.29 is 0 Å². The predicted molar refractivity (Wildman–Crippen MR) is 84.7 cm³/mol. The molecule has 0 aliphatic rings. The molecule has 2 heterocycles. The number of nitrogens with two attached hydrogens (primary N) is 1. The molecule has 0 atom stereocenters. The van der Waals surface area contributed by atoms with Crippen LogP contribution in [-0.4, -0.2) is 4.98 Å². The van der Waals surface area contributed by atoms with Crippen LogP contribution in [0.1, 0.15) is 11.8 Å². The third-order valence-corrected chi connectivity index (χ3v) is 5.04. The van der Waals surface area contributed by atoms with Crippen molar-refractivity contribution in [2.45, 2.75) is 13.3 Å². The van der Waals surface area contributed by atoms with E-state index in [1.54, 1.807) is 11.3 Å². The molecule has 2 N–H and O–H groups in total. The Kier molecular flexibility index (Phi) is 3.36. The summed E-state index contributed by atoms with van der Waals surface area (Å²) in [5.41, 5.74) is 8.74. The molecule has 0 fully saturated rings.